The van der Waals surface area contributed by atoms with E-state index in [0.717, 1.165) is 6.07 Å². The summed E-state index contributed by atoms with van der Waals surface area (Å²) in [6, 6.07) is 5.31. The zero-order valence-electron chi connectivity index (χ0n) is 6.76. The Balaban J connectivity index is 2.78. The highest BCUT2D eigenvalue weighted by molar-refractivity contribution is 5.32. The predicted molar refractivity (Wildman–Crippen MR) is 39.7 cm³/mol. The van der Waals surface area contributed by atoms with Crippen molar-refractivity contribution in [3.05, 3.63) is 24.3 Å². The summed E-state index contributed by atoms with van der Waals surface area (Å²) in [4.78, 5) is 0. The third-order valence-electron chi connectivity index (χ3n) is 1.27. The summed E-state index contributed by atoms with van der Waals surface area (Å²) in [5, 5.41) is 0. The van der Waals surface area contributed by atoms with Crippen molar-refractivity contribution < 1.29 is 22.6 Å². The lowest BCUT2D eigenvalue weighted by atomic mass is 10.3. The summed E-state index contributed by atoms with van der Waals surface area (Å²) >= 11 is 0. The van der Waals surface area contributed by atoms with Gasteiger partial charge in [0.15, 0.2) is 0 Å². The quantitative estimate of drug-likeness (QED) is 0.716. The van der Waals surface area contributed by atoms with Crippen LogP contribution in [0.5, 0.6) is 11.5 Å². The second kappa shape index (κ2) is 3.55. The minimum Gasteiger partial charge on any atom is -0.497 e. The summed E-state index contributed by atoms with van der Waals surface area (Å²) in [7, 11) is 1.37. The fourth-order valence-electron chi connectivity index (χ4n) is 0.798. The minimum absolute atomic E-state index is 0.285. The van der Waals surface area contributed by atoms with E-state index in [0.29, 0.717) is 5.75 Å². The number of alkyl halides is 3. The Bertz CT molecular complexity index is 283. The van der Waals surface area contributed by atoms with Crippen molar-refractivity contribution in [2.75, 3.05) is 7.11 Å². The van der Waals surface area contributed by atoms with Crippen LogP contribution in [0, 0.1) is 0 Å². The van der Waals surface area contributed by atoms with Gasteiger partial charge < -0.3 is 9.47 Å². The molecule has 0 aliphatic heterocycles. The largest absolute Gasteiger partial charge is 0.573 e. The van der Waals surface area contributed by atoms with E-state index in [1.165, 1.54) is 25.3 Å². The van der Waals surface area contributed by atoms with Gasteiger partial charge in [0.1, 0.15) is 11.5 Å². The number of rotatable bonds is 2. The average Bonchev–Trinajstić information content (AvgIpc) is 2.01. The first-order valence-corrected chi connectivity index (χ1v) is 3.41. The molecule has 1 aromatic rings. The monoisotopic (exact) mass is 192 g/mol. The molecular weight excluding hydrogens is 185 g/mol. The van der Waals surface area contributed by atoms with Crippen LogP contribution < -0.4 is 9.47 Å². The van der Waals surface area contributed by atoms with Gasteiger partial charge in [-0.1, -0.05) is 6.07 Å². The van der Waals surface area contributed by atoms with Crippen LogP contribution in [0.4, 0.5) is 13.2 Å². The SMILES string of the molecule is COc1cccc(OC(F)(F)F)c1. The Morgan fingerprint density at radius 2 is 1.77 bits per heavy atom. The molecule has 0 aliphatic rings. The zero-order valence-corrected chi connectivity index (χ0v) is 6.76. The van der Waals surface area contributed by atoms with Crippen molar-refractivity contribution >= 4 is 0 Å². The topological polar surface area (TPSA) is 18.5 Å². The first kappa shape index (κ1) is 9.70. The highest BCUT2D eigenvalue weighted by atomic mass is 19.4. The van der Waals surface area contributed by atoms with Gasteiger partial charge in [0, 0.05) is 6.07 Å². The molecule has 0 bridgehead atoms. The molecule has 0 amide bonds. The summed E-state index contributed by atoms with van der Waals surface area (Å²) in [6.07, 6.45) is -4.66. The molecule has 0 aliphatic carbocycles. The van der Waals surface area contributed by atoms with E-state index in [1.54, 1.807) is 0 Å². The molecule has 0 heterocycles. The van der Waals surface area contributed by atoms with Crippen LogP contribution in [0.2, 0.25) is 0 Å². The first-order valence-electron chi connectivity index (χ1n) is 3.41. The van der Waals surface area contributed by atoms with Crippen LogP contribution in [0.3, 0.4) is 0 Å². The summed E-state index contributed by atoms with van der Waals surface area (Å²) in [6.45, 7) is 0. The fourth-order valence-corrected chi connectivity index (χ4v) is 0.798. The molecule has 0 aromatic heterocycles. The second-order valence-corrected chi connectivity index (χ2v) is 2.23. The van der Waals surface area contributed by atoms with Gasteiger partial charge in [-0.05, 0) is 12.1 Å². The van der Waals surface area contributed by atoms with Crippen LogP contribution in [-0.4, -0.2) is 13.5 Å². The number of methoxy groups -OCH3 is 1. The molecule has 0 radical (unpaired) electrons. The molecule has 0 saturated heterocycles. The van der Waals surface area contributed by atoms with Gasteiger partial charge in [-0.3, -0.25) is 0 Å². The smallest absolute Gasteiger partial charge is 0.497 e. The van der Waals surface area contributed by atoms with E-state index in [4.69, 9.17) is 4.74 Å². The molecule has 5 heteroatoms. The maximum atomic E-state index is 11.7. The molecule has 0 unspecified atom stereocenters. The summed E-state index contributed by atoms with van der Waals surface area (Å²) < 4.78 is 43.5. The summed E-state index contributed by atoms with van der Waals surface area (Å²) in [5.74, 6) is 0.0357. The minimum atomic E-state index is -4.66. The third-order valence-corrected chi connectivity index (χ3v) is 1.27. The molecule has 0 fully saturated rings. The maximum absolute atomic E-state index is 11.7. The van der Waals surface area contributed by atoms with Gasteiger partial charge in [-0.15, -0.1) is 13.2 Å². The molecule has 0 spiro atoms. The lowest BCUT2D eigenvalue weighted by Gasteiger charge is -2.09. The van der Waals surface area contributed by atoms with Crippen LogP contribution in [0.15, 0.2) is 24.3 Å². The Hall–Kier alpha value is -1.39. The number of hydrogen-bond donors (Lipinski definition) is 0. The molecule has 0 N–H and O–H groups in total. The predicted octanol–water partition coefficient (Wildman–Crippen LogP) is 2.59. The average molecular weight is 192 g/mol. The molecule has 72 valence electrons. The number of halogens is 3. The van der Waals surface area contributed by atoms with Gasteiger partial charge in [-0.2, -0.15) is 0 Å². The van der Waals surface area contributed by atoms with E-state index in [9.17, 15) is 13.2 Å². The Kier molecular flexibility index (Phi) is 2.65. The van der Waals surface area contributed by atoms with Crippen LogP contribution in [0.1, 0.15) is 0 Å². The van der Waals surface area contributed by atoms with Crippen molar-refractivity contribution in [2.24, 2.45) is 0 Å². The van der Waals surface area contributed by atoms with Gasteiger partial charge in [-0.25, -0.2) is 0 Å². The second-order valence-electron chi connectivity index (χ2n) is 2.23. The highest BCUT2D eigenvalue weighted by Crippen LogP contribution is 2.25. The van der Waals surface area contributed by atoms with Gasteiger partial charge in [0.05, 0.1) is 7.11 Å². The van der Waals surface area contributed by atoms with Crippen LogP contribution in [0.25, 0.3) is 0 Å². The normalized spacial score (nSPS) is 11.1. The molecule has 2 nitrogen and oxygen atoms in total. The van der Waals surface area contributed by atoms with E-state index in [2.05, 4.69) is 4.74 Å². The van der Waals surface area contributed by atoms with Gasteiger partial charge in [0.25, 0.3) is 0 Å². The van der Waals surface area contributed by atoms with E-state index in [-0.39, 0.29) is 5.75 Å². The first-order chi connectivity index (χ1) is 6.01. The van der Waals surface area contributed by atoms with Gasteiger partial charge in [0.2, 0.25) is 0 Å². The van der Waals surface area contributed by atoms with Crippen molar-refractivity contribution in [1.29, 1.82) is 0 Å². The highest BCUT2D eigenvalue weighted by Gasteiger charge is 2.31. The summed E-state index contributed by atoms with van der Waals surface area (Å²) in [5.41, 5.74) is 0. The van der Waals surface area contributed by atoms with Crippen molar-refractivity contribution in [1.82, 2.24) is 0 Å². The Morgan fingerprint density at radius 3 is 2.31 bits per heavy atom. The maximum Gasteiger partial charge on any atom is 0.573 e. The van der Waals surface area contributed by atoms with Crippen molar-refractivity contribution in [2.45, 2.75) is 6.36 Å². The lowest BCUT2D eigenvalue weighted by Crippen LogP contribution is -2.17. The van der Waals surface area contributed by atoms with Crippen molar-refractivity contribution in [3.8, 4) is 11.5 Å². The Labute approximate surface area is 72.9 Å². The van der Waals surface area contributed by atoms with Crippen LogP contribution >= 0.6 is 0 Å². The molecule has 0 saturated carbocycles. The molecule has 1 aromatic carbocycles. The van der Waals surface area contributed by atoms with E-state index < -0.39 is 6.36 Å². The number of hydrogen-bond acceptors (Lipinski definition) is 2. The van der Waals surface area contributed by atoms with Crippen molar-refractivity contribution in [3.63, 3.8) is 0 Å². The standard InChI is InChI=1S/C8H7F3O2/c1-12-6-3-2-4-7(5-6)13-8(9,10)11/h2-5H,1H3. The molecule has 13 heavy (non-hydrogen) atoms. The number of ether oxygens (including phenoxy) is 2. The lowest BCUT2D eigenvalue weighted by molar-refractivity contribution is -0.274. The van der Waals surface area contributed by atoms with Crippen LogP contribution in [-0.2, 0) is 0 Å². The fraction of sp³-hybridized carbons (Fsp3) is 0.250. The van der Waals surface area contributed by atoms with E-state index >= 15 is 0 Å². The van der Waals surface area contributed by atoms with Gasteiger partial charge >= 0.3 is 6.36 Å². The van der Waals surface area contributed by atoms with E-state index in [1.807, 2.05) is 0 Å². The Morgan fingerprint density at radius 1 is 1.15 bits per heavy atom. The molecule has 1 rings (SSSR count). The molecule has 0 atom stereocenters. The zero-order chi connectivity index (χ0) is 9.90. The molecular formula is C8H7F3O2. The third kappa shape index (κ3) is 3.23. The number of benzene rings is 1.